The number of methoxy groups -OCH3 is 1. The maximum absolute atomic E-state index is 12.7. The van der Waals surface area contributed by atoms with Crippen molar-refractivity contribution in [1.82, 2.24) is 15.0 Å². The quantitative estimate of drug-likeness (QED) is 0.815. The zero-order valence-electron chi connectivity index (χ0n) is 15.9. The fraction of sp³-hybridized carbons (Fsp3) is 0.474. The standard InChI is InChI=1S/C19H25ClN4O3/c1-13-10-16(22-27-13)12-23-6-8-24(9-7-23)14(2)19(25)21-17-11-15(20)4-5-18(17)26-3/h4-5,10-11,14H,6-9,12H2,1-3H3,(H,21,25)/t14-/m0/s1. The molecule has 1 aromatic heterocycles. The summed E-state index contributed by atoms with van der Waals surface area (Å²) < 4.78 is 10.4. The second-order valence-electron chi connectivity index (χ2n) is 6.75. The Bertz CT molecular complexity index is 787. The van der Waals surface area contributed by atoms with Crippen LogP contribution in [0.4, 0.5) is 5.69 Å². The highest BCUT2D eigenvalue weighted by atomic mass is 35.5. The van der Waals surface area contributed by atoms with Crippen LogP contribution < -0.4 is 10.1 Å². The Kier molecular flexibility index (Phi) is 6.36. The van der Waals surface area contributed by atoms with Gasteiger partial charge in [-0.15, -0.1) is 0 Å². The summed E-state index contributed by atoms with van der Waals surface area (Å²) in [6.07, 6.45) is 0. The number of amides is 1. The first-order valence-corrected chi connectivity index (χ1v) is 9.37. The van der Waals surface area contributed by atoms with Gasteiger partial charge in [0.05, 0.1) is 24.5 Å². The number of anilines is 1. The minimum atomic E-state index is -0.245. The first-order valence-electron chi connectivity index (χ1n) is 8.99. The number of carbonyl (C=O) groups excluding carboxylic acids is 1. The van der Waals surface area contributed by atoms with Crippen molar-refractivity contribution >= 4 is 23.2 Å². The number of piperazine rings is 1. The number of aromatic nitrogens is 1. The summed E-state index contributed by atoms with van der Waals surface area (Å²) in [5, 5.41) is 7.52. The number of nitrogens with zero attached hydrogens (tertiary/aromatic N) is 3. The van der Waals surface area contributed by atoms with E-state index in [1.165, 1.54) is 0 Å². The molecule has 1 aromatic carbocycles. The molecule has 0 saturated carbocycles. The van der Waals surface area contributed by atoms with Crippen molar-refractivity contribution in [3.63, 3.8) is 0 Å². The monoisotopic (exact) mass is 392 g/mol. The number of nitrogens with one attached hydrogen (secondary N) is 1. The van der Waals surface area contributed by atoms with E-state index in [-0.39, 0.29) is 11.9 Å². The molecule has 27 heavy (non-hydrogen) atoms. The van der Waals surface area contributed by atoms with Crippen LogP contribution in [0.3, 0.4) is 0 Å². The third-order valence-corrected chi connectivity index (χ3v) is 5.05. The Morgan fingerprint density at radius 1 is 1.33 bits per heavy atom. The second-order valence-corrected chi connectivity index (χ2v) is 7.19. The smallest absolute Gasteiger partial charge is 0.241 e. The van der Waals surface area contributed by atoms with E-state index in [2.05, 4.69) is 20.3 Å². The third kappa shape index (κ3) is 5.00. The lowest BCUT2D eigenvalue weighted by Crippen LogP contribution is -2.52. The highest BCUT2D eigenvalue weighted by Crippen LogP contribution is 2.28. The van der Waals surface area contributed by atoms with Gasteiger partial charge in [0.2, 0.25) is 5.91 Å². The van der Waals surface area contributed by atoms with Gasteiger partial charge in [0.1, 0.15) is 11.5 Å². The minimum absolute atomic E-state index is 0.0730. The average Bonchev–Trinajstić information content (AvgIpc) is 3.06. The summed E-state index contributed by atoms with van der Waals surface area (Å²) in [6, 6.07) is 6.89. The van der Waals surface area contributed by atoms with E-state index in [9.17, 15) is 4.79 Å². The van der Waals surface area contributed by atoms with Crippen LogP contribution in [0.1, 0.15) is 18.4 Å². The Balaban J connectivity index is 1.53. The molecule has 8 heteroatoms. The van der Waals surface area contributed by atoms with Crippen molar-refractivity contribution in [3.05, 3.63) is 40.7 Å². The van der Waals surface area contributed by atoms with Gasteiger partial charge in [-0.05, 0) is 32.0 Å². The van der Waals surface area contributed by atoms with Crippen molar-refractivity contribution in [2.24, 2.45) is 0 Å². The molecule has 1 N–H and O–H groups in total. The molecular weight excluding hydrogens is 368 g/mol. The highest BCUT2D eigenvalue weighted by Gasteiger charge is 2.26. The molecule has 0 radical (unpaired) electrons. The first kappa shape index (κ1) is 19.7. The number of aryl methyl sites for hydroxylation is 1. The van der Waals surface area contributed by atoms with Crippen LogP contribution in [-0.2, 0) is 11.3 Å². The number of benzene rings is 1. The van der Waals surface area contributed by atoms with Gasteiger partial charge in [0.25, 0.3) is 0 Å². The molecular formula is C19H25ClN4O3. The number of halogens is 1. The molecule has 7 nitrogen and oxygen atoms in total. The van der Waals surface area contributed by atoms with Crippen molar-refractivity contribution in [3.8, 4) is 5.75 Å². The minimum Gasteiger partial charge on any atom is -0.495 e. The van der Waals surface area contributed by atoms with Crippen LogP contribution in [0.25, 0.3) is 0 Å². The summed E-state index contributed by atoms with van der Waals surface area (Å²) in [7, 11) is 1.57. The number of hydrogen-bond donors (Lipinski definition) is 1. The SMILES string of the molecule is COc1ccc(Cl)cc1NC(=O)[C@H](C)N1CCN(Cc2cc(C)on2)CC1. The molecule has 1 atom stereocenters. The number of carbonyl (C=O) groups is 1. The van der Waals surface area contributed by atoms with E-state index in [1.54, 1.807) is 25.3 Å². The Morgan fingerprint density at radius 2 is 2.07 bits per heavy atom. The normalized spacial score (nSPS) is 16.9. The summed E-state index contributed by atoms with van der Waals surface area (Å²) in [5.74, 6) is 1.34. The lowest BCUT2D eigenvalue weighted by Gasteiger charge is -2.37. The third-order valence-electron chi connectivity index (χ3n) is 4.82. The maximum Gasteiger partial charge on any atom is 0.241 e. The maximum atomic E-state index is 12.7. The van der Waals surface area contributed by atoms with Crippen LogP contribution in [0, 0.1) is 6.92 Å². The van der Waals surface area contributed by atoms with E-state index in [0.29, 0.717) is 16.5 Å². The van der Waals surface area contributed by atoms with Gasteiger partial charge in [0, 0.05) is 43.8 Å². The van der Waals surface area contributed by atoms with Crippen LogP contribution in [0.5, 0.6) is 5.75 Å². The summed E-state index contributed by atoms with van der Waals surface area (Å²) in [4.78, 5) is 17.2. The van der Waals surface area contributed by atoms with Gasteiger partial charge >= 0.3 is 0 Å². The Hall–Kier alpha value is -2.09. The van der Waals surface area contributed by atoms with Gasteiger partial charge in [-0.1, -0.05) is 16.8 Å². The van der Waals surface area contributed by atoms with Crippen molar-refractivity contribution < 1.29 is 14.1 Å². The molecule has 2 aromatic rings. The van der Waals surface area contributed by atoms with Crippen LogP contribution in [0.2, 0.25) is 5.02 Å². The average molecular weight is 393 g/mol. The van der Waals surface area contributed by atoms with Crippen LogP contribution in [-0.4, -0.2) is 60.2 Å². The highest BCUT2D eigenvalue weighted by molar-refractivity contribution is 6.31. The molecule has 0 unspecified atom stereocenters. The fourth-order valence-electron chi connectivity index (χ4n) is 3.21. The van der Waals surface area contributed by atoms with Crippen molar-refractivity contribution in [1.29, 1.82) is 0 Å². The van der Waals surface area contributed by atoms with E-state index in [1.807, 2.05) is 19.9 Å². The molecule has 1 aliphatic heterocycles. The topological polar surface area (TPSA) is 70.8 Å². The van der Waals surface area contributed by atoms with E-state index >= 15 is 0 Å². The molecule has 0 bridgehead atoms. The summed E-state index contributed by atoms with van der Waals surface area (Å²) in [5.41, 5.74) is 1.53. The lowest BCUT2D eigenvalue weighted by atomic mass is 10.2. The van der Waals surface area contributed by atoms with E-state index in [4.69, 9.17) is 20.9 Å². The lowest BCUT2D eigenvalue weighted by molar-refractivity contribution is -0.121. The van der Waals surface area contributed by atoms with Gasteiger partial charge in [-0.3, -0.25) is 14.6 Å². The number of ether oxygens (including phenoxy) is 1. The van der Waals surface area contributed by atoms with E-state index in [0.717, 1.165) is 44.2 Å². The summed E-state index contributed by atoms with van der Waals surface area (Å²) >= 11 is 6.03. The summed E-state index contributed by atoms with van der Waals surface area (Å²) in [6.45, 7) is 7.97. The zero-order valence-corrected chi connectivity index (χ0v) is 16.6. The molecule has 1 amide bonds. The fourth-order valence-corrected chi connectivity index (χ4v) is 3.38. The Labute approximate surface area is 164 Å². The molecule has 2 heterocycles. The zero-order chi connectivity index (χ0) is 19.4. The predicted molar refractivity (Wildman–Crippen MR) is 104 cm³/mol. The van der Waals surface area contributed by atoms with Gasteiger partial charge in [-0.2, -0.15) is 0 Å². The Morgan fingerprint density at radius 3 is 2.70 bits per heavy atom. The van der Waals surface area contributed by atoms with Gasteiger partial charge < -0.3 is 14.6 Å². The van der Waals surface area contributed by atoms with Gasteiger partial charge in [-0.25, -0.2) is 0 Å². The number of rotatable bonds is 6. The first-order chi connectivity index (χ1) is 13.0. The number of hydrogen-bond acceptors (Lipinski definition) is 6. The van der Waals surface area contributed by atoms with E-state index < -0.39 is 0 Å². The second kappa shape index (κ2) is 8.73. The molecule has 3 rings (SSSR count). The largest absolute Gasteiger partial charge is 0.495 e. The molecule has 146 valence electrons. The molecule has 0 spiro atoms. The predicted octanol–water partition coefficient (Wildman–Crippen LogP) is 2.79. The van der Waals surface area contributed by atoms with Crippen LogP contribution in [0.15, 0.2) is 28.8 Å². The molecule has 0 aliphatic carbocycles. The molecule has 1 fully saturated rings. The molecule has 1 saturated heterocycles. The van der Waals surface area contributed by atoms with Crippen molar-refractivity contribution in [2.45, 2.75) is 26.4 Å². The molecule has 1 aliphatic rings. The van der Waals surface area contributed by atoms with Crippen LogP contribution >= 0.6 is 11.6 Å². The van der Waals surface area contributed by atoms with Gasteiger partial charge in [0.15, 0.2) is 0 Å². The van der Waals surface area contributed by atoms with Crippen molar-refractivity contribution in [2.75, 3.05) is 38.6 Å².